The number of carboxylic acids is 1. The first-order valence-corrected chi connectivity index (χ1v) is 5.49. The fourth-order valence-electron chi connectivity index (χ4n) is 1.65. The molecule has 0 aliphatic carbocycles. The van der Waals surface area contributed by atoms with Gasteiger partial charge in [0.25, 0.3) is 0 Å². The predicted molar refractivity (Wildman–Crippen MR) is 61.4 cm³/mol. The molecule has 4 heteroatoms. The zero-order valence-electron chi connectivity index (χ0n) is 8.96. The number of nitrogens with zero attached hydrogens (tertiary/aromatic N) is 1. The van der Waals surface area contributed by atoms with Gasteiger partial charge in [0.05, 0.1) is 18.1 Å². The lowest BCUT2D eigenvalue weighted by Gasteiger charge is -2.10. The molecule has 0 radical (unpaired) electrons. The minimum absolute atomic E-state index is 0.0965. The minimum Gasteiger partial charge on any atom is -0.481 e. The molecule has 0 aliphatic heterocycles. The first-order valence-electron chi connectivity index (χ1n) is 4.95. The summed E-state index contributed by atoms with van der Waals surface area (Å²) < 4.78 is 0. The minimum atomic E-state index is -0.917. The van der Waals surface area contributed by atoms with E-state index in [0.717, 1.165) is 12.0 Å². The van der Waals surface area contributed by atoms with Crippen molar-refractivity contribution in [2.75, 3.05) is 0 Å². The highest BCUT2D eigenvalue weighted by molar-refractivity contribution is 6.17. The Bertz CT molecular complexity index is 449. The fourth-order valence-corrected chi connectivity index (χ4v) is 1.96. The van der Waals surface area contributed by atoms with Crippen molar-refractivity contribution in [3.8, 4) is 6.07 Å². The summed E-state index contributed by atoms with van der Waals surface area (Å²) in [5, 5.41) is 17.8. The van der Waals surface area contributed by atoms with E-state index >= 15 is 0 Å². The van der Waals surface area contributed by atoms with Crippen LogP contribution in [-0.4, -0.2) is 11.1 Å². The number of hydrogen-bond acceptors (Lipinski definition) is 2. The van der Waals surface area contributed by atoms with Gasteiger partial charge in [-0.15, -0.1) is 11.6 Å². The molecule has 0 bridgehead atoms. The first-order chi connectivity index (χ1) is 7.63. The molecule has 0 spiro atoms. The quantitative estimate of drug-likeness (QED) is 0.819. The average Bonchev–Trinajstić information content (AvgIpc) is 2.27. The molecule has 16 heavy (non-hydrogen) atoms. The summed E-state index contributed by atoms with van der Waals surface area (Å²) in [6, 6.07) is 5.64. The Morgan fingerprint density at radius 3 is 2.56 bits per heavy atom. The van der Waals surface area contributed by atoms with Crippen molar-refractivity contribution >= 4 is 17.6 Å². The van der Waals surface area contributed by atoms with Crippen LogP contribution in [-0.2, 0) is 23.5 Å². The summed E-state index contributed by atoms with van der Waals surface area (Å²) in [6.45, 7) is 1.95. The number of nitriles is 1. The third-order valence-electron chi connectivity index (χ3n) is 2.46. The summed E-state index contributed by atoms with van der Waals surface area (Å²) in [7, 11) is 0. The topological polar surface area (TPSA) is 61.1 Å². The van der Waals surface area contributed by atoms with Gasteiger partial charge in [0.2, 0.25) is 0 Å². The number of benzene rings is 1. The largest absolute Gasteiger partial charge is 0.481 e. The van der Waals surface area contributed by atoms with Crippen molar-refractivity contribution in [1.29, 1.82) is 5.26 Å². The number of aryl methyl sites for hydroxylation is 1. The van der Waals surface area contributed by atoms with Crippen LogP contribution in [0.3, 0.4) is 0 Å². The summed E-state index contributed by atoms with van der Waals surface area (Å²) in [5.74, 6) is -0.751. The van der Waals surface area contributed by atoms with Gasteiger partial charge in [0.15, 0.2) is 0 Å². The molecule has 3 nitrogen and oxygen atoms in total. The maximum atomic E-state index is 10.7. The second-order valence-electron chi connectivity index (χ2n) is 3.41. The van der Waals surface area contributed by atoms with Gasteiger partial charge in [-0.05, 0) is 23.1 Å². The molecule has 0 aliphatic rings. The van der Waals surface area contributed by atoms with Crippen LogP contribution in [0, 0.1) is 11.3 Å². The zero-order valence-corrected chi connectivity index (χ0v) is 9.71. The zero-order chi connectivity index (χ0) is 12.1. The summed E-state index contributed by atoms with van der Waals surface area (Å²) in [6.07, 6.45) is 0.640. The molecule has 1 aromatic rings. The molecule has 0 saturated heterocycles. The van der Waals surface area contributed by atoms with Crippen molar-refractivity contribution in [3.63, 3.8) is 0 Å². The van der Waals surface area contributed by atoms with E-state index in [9.17, 15) is 4.79 Å². The molecule has 0 saturated carbocycles. The smallest absolute Gasteiger partial charge is 0.307 e. The lowest BCUT2D eigenvalue weighted by Crippen LogP contribution is -2.06. The van der Waals surface area contributed by atoms with Gasteiger partial charge < -0.3 is 5.11 Å². The van der Waals surface area contributed by atoms with E-state index in [1.54, 1.807) is 12.1 Å². The number of carboxylic acid groups (broad SMARTS) is 1. The molecule has 0 heterocycles. The first kappa shape index (κ1) is 12.5. The molecule has 1 aromatic carbocycles. The van der Waals surface area contributed by atoms with Crippen LogP contribution in [0.5, 0.6) is 0 Å². The van der Waals surface area contributed by atoms with Crippen LogP contribution < -0.4 is 0 Å². The van der Waals surface area contributed by atoms with Gasteiger partial charge in [-0.1, -0.05) is 19.1 Å². The van der Waals surface area contributed by atoms with Crippen molar-refractivity contribution < 1.29 is 9.90 Å². The number of aliphatic carboxylic acids is 1. The second-order valence-corrected chi connectivity index (χ2v) is 3.67. The van der Waals surface area contributed by atoms with Gasteiger partial charge in [0, 0.05) is 5.88 Å². The Morgan fingerprint density at radius 2 is 2.12 bits per heavy atom. The monoisotopic (exact) mass is 237 g/mol. The van der Waals surface area contributed by atoms with Crippen LogP contribution in [0.2, 0.25) is 0 Å². The highest BCUT2D eigenvalue weighted by atomic mass is 35.5. The van der Waals surface area contributed by atoms with Crippen LogP contribution in [0.4, 0.5) is 0 Å². The van der Waals surface area contributed by atoms with Crippen LogP contribution >= 0.6 is 11.6 Å². The van der Waals surface area contributed by atoms with Gasteiger partial charge >= 0.3 is 5.97 Å². The Labute approximate surface area is 99.3 Å². The van der Waals surface area contributed by atoms with Gasteiger partial charge in [-0.3, -0.25) is 4.79 Å². The lowest BCUT2D eigenvalue weighted by atomic mass is 9.95. The van der Waals surface area contributed by atoms with Crippen molar-refractivity contribution in [2.24, 2.45) is 0 Å². The van der Waals surface area contributed by atoms with Gasteiger partial charge in [-0.25, -0.2) is 0 Å². The molecule has 0 atom stereocenters. The van der Waals surface area contributed by atoms with E-state index < -0.39 is 5.97 Å². The van der Waals surface area contributed by atoms with Crippen LogP contribution in [0.25, 0.3) is 0 Å². The molecule has 0 unspecified atom stereocenters. The molecular formula is C12H12ClNO2. The average molecular weight is 238 g/mol. The third kappa shape index (κ3) is 2.53. The summed E-state index contributed by atoms with van der Waals surface area (Å²) in [4.78, 5) is 10.7. The van der Waals surface area contributed by atoms with Gasteiger partial charge in [-0.2, -0.15) is 5.26 Å². The Balaban J connectivity index is 3.32. The van der Waals surface area contributed by atoms with E-state index in [4.69, 9.17) is 22.0 Å². The van der Waals surface area contributed by atoms with Gasteiger partial charge in [0.1, 0.15) is 0 Å². The van der Waals surface area contributed by atoms with E-state index in [0.29, 0.717) is 16.7 Å². The van der Waals surface area contributed by atoms with E-state index in [-0.39, 0.29) is 12.3 Å². The lowest BCUT2D eigenvalue weighted by molar-refractivity contribution is -0.136. The Kier molecular flexibility index (Phi) is 4.33. The van der Waals surface area contributed by atoms with Crippen molar-refractivity contribution in [2.45, 2.75) is 25.6 Å². The standard InChI is InChI=1S/C12H12ClNO2/c1-2-8-3-4-9(5-12(15)16)10(6-13)11(8)7-14/h3-4H,2,5-6H2,1H3,(H,15,16). The molecule has 1 rings (SSSR count). The number of hydrogen-bond donors (Lipinski definition) is 1. The number of rotatable bonds is 4. The second kappa shape index (κ2) is 5.53. The number of carbonyl (C=O) groups is 1. The molecule has 84 valence electrons. The summed E-state index contributed by atoms with van der Waals surface area (Å²) in [5.41, 5.74) is 2.70. The molecule has 1 N–H and O–H groups in total. The normalized spacial score (nSPS) is 9.81. The molecule has 0 amide bonds. The predicted octanol–water partition coefficient (Wildman–Crippen LogP) is 2.49. The fraction of sp³-hybridized carbons (Fsp3) is 0.333. The van der Waals surface area contributed by atoms with Crippen LogP contribution in [0.15, 0.2) is 12.1 Å². The van der Waals surface area contributed by atoms with E-state index in [2.05, 4.69) is 6.07 Å². The highest BCUT2D eigenvalue weighted by Gasteiger charge is 2.13. The Hall–Kier alpha value is -1.53. The third-order valence-corrected chi connectivity index (χ3v) is 2.73. The number of alkyl halides is 1. The maximum Gasteiger partial charge on any atom is 0.307 e. The molecule has 0 aromatic heterocycles. The van der Waals surface area contributed by atoms with Crippen molar-refractivity contribution in [3.05, 3.63) is 34.4 Å². The number of halogens is 1. The molecular weight excluding hydrogens is 226 g/mol. The van der Waals surface area contributed by atoms with Crippen molar-refractivity contribution in [1.82, 2.24) is 0 Å². The van der Waals surface area contributed by atoms with E-state index in [1.807, 2.05) is 6.92 Å². The molecule has 0 fully saturated rings. The SMILES string of the molecule is CCc1ccc(CC(=O)O)c(CCl)c1C#N. The van der Waals surface area contributed by atoms with E-state index in [1.165, 1.54) is 0 Å². The Morgan fingerprint density at radius 1 is 1.50 bits per heavy atom. The highest BCUT2D eigenvalue weighted by Crippen LogP contribution is 2.22. The van der Waals surface area contributed by atoms with Crippen LogP contribution in [0.1, 0.15) is 29.2 Å². The summed E-state index contributed by atoms with van der Waals surface area (Å²) >= 11 is 5.78. The maximum absolute atomic E-state index is 10.7.